The van der Waals surface area contributed by atoms with Gasteiger partial charge in [-0.1, -0.05) is 11.6 Å². The molecule has 0 spiro atoms. The second-order valence-corrected chi connectivity index (χ2v) is 4.32. The van der Waals surface area contributed by atoms with Crippen molar-refractivity contribution in [2.45, 2.75) is 5.25 Å². The summed E-state index contributed by atoms with van der Waals surface area (Å²) in [6, 6.07) is 0. The normalized spacial score (nSPS) is 22.5. The van der Waals surface area contributed by atoms with Crippen LogP contribution in [-0.2, 0) is 10.1 Å². The number of nitrogens with zero attached hydrogens (tertiary/aromatic N) is 2. The van der Waals surface area contributed by atoms with Crippen LogP contribution >= 0.6 is 11.6 Å². The van der Waals surface area contributed by atoms with Gasteiger partial charge in [0, 0.05) is 11.1 Å². The van der Waals surface area contributed by atoms with Gasteiger partial charge in [0.15, 0.2) is 0 Å². The third-order valence-electron chi connectivity index (χ3n) is 1.45. The van der Waals surface area contributed by atoms with Gasteiger partial charge in [0.25, 0.3) is 10.1 Å². The summed E-state index contributed by atoms with van der Waals surface area (Å²) < 4.78 is 30.2. The molecular weight excluding hydrogens is 216 g/mol. The minimum atomic E-state index is -4.32. The summed E-state index contributed by atoms with van der Waals surface area (Å²) in [6.07, 6.45) is 3.64. The molecule has 0 bridgehead atoms. The molecule has 0 saturated heterocycles. The van der Waals surface area contributed by atoms with E-state index in [0.717, 1.165) is 6.08 Å². The Labute approximate surface area is 79.7 Å². The van der Waals surface area contributed by atoms with E-state index in [1.54, 1.807) is 0 Å². The monoisotopic (exact) mass is 220 g/mol. The summed E-state index contributed by atoms with van der Waals surface area (Å²) in [5.41, 5.74) is 8.23. The van der Waals surface area contributed by atoms with E-state index in [2.05, 4.69) is 4.79 Å². The number of hydrogen-bond donors (Lipinski definition) is 1. The molecule has 70 valence electrons. The fourth-order valence-corrected chi connectivity index (χ4v) is 1.89. The molecule has 1 unspecified atom stereocenters. The summed E-state index contributed by atoms with van der Waals surface area (Å²) in [5, 5.41) is -1.23. The fourth-order valence-electron chi connectivity index (χ4n) is 0.874. The lowest BCUT2D eigenvalue weighted by atomic mass is 10.1. The molecule has 0 saturated carbocycles. The Morgan fingerprint density at radius 3 is 2.62 bits per heavy atom. The molecule has 0 amide bonds. The molecular formula is C6H5ClN2O3S. The number of rotatable bonds is 1. The minimum Gasteiger partial charge on any atom is -0.361 e. The molecule has 0 aliphatic heterocycles. The van der Waals surface area contributed by atoms with Crippen molar-refractivity contribution in [1.29, 1.82) is 0 Å². The van der Waals surface area contributed by atoms with Crippen LogP contribution in [0, 0.1) is 0 Å². The third-order valence-corrected chi connectivity index (χ3v) is 2.72. The lowest BCUT2D eigenvalue weighted by molar-refractivity contribution is -0.00522. The molecule has 5 nitrogen and oxygen atoms in total. The first-order valence-corrected chi connectivity index (χ1v) is 5.07. The average Bonchev–Trinajstić information content (AvgIpc) is 2.03. The van der Waals surface area contributed by atoms with Crippen molar-refractivity contribution in [3.8, 4) is 0 Å². The molecule has 0 aromatic carbocycles. The molecule has 1 aliphatic carbocycles. The predicted octanol–water partition coefficient (Wildman–Crippen LogP) is 0.606. The van der Waals surface area contributed by atoms with Crippen LogP contribution in [-0.4, -0.2) is 28.7 Å². The van der Waals surface area contributed by atoms with E-state index >= 15 is 0 Å². The van der Waals surface area contributed by atoms with Gasteiger partial charge in [-0.15, -0.1) is 0 Å². The maximum atomic E-state index is 10.7. The maximum absolute atomic E-state index is 10.7. The third kappa shape index (κ3) is 2.26. The predicted molar refractivity (Wildman–Crippen MR) is 47.0 cm³/mol. The van der Waals surface area contributed by atoms with Gasteiger partial charge in [0.1, 0.15) is 0 Å². The first-order chi connectivity index (χ1) is 5.95. The standard InChI is InChI=1S/C6H5ClN2O3S/c7-4-1-2-5(9-8)6(3-4)13(10,11)12/h1-3,6H,(H,10,11,12). The fraction of sp³-hybridized carbons (Fsp3) is 0.167. The van der Waals surface area contributed by atoms with Gasteiger partial charge in [-0.05, 0) is 12.2 Å². The molecule has 0 aromatic rings. The average molecular weight is 221 g/mol. The van der Waals surface area contributed by atoms with Gasteiger partial charge in [0.2, 0.25) is 5.25 Å². The molecule has 0 aromatic heterocycles. The molecule has 1 N–H and O–H groups in total. The molecule has 1 aliphatic rings. The summed E-state index contributed by atoms with van der Waals surface area (Å²) in [6.45, 7) is 0. The van der Waals surface area contributed by atoms with Crippen molar-refractivity contribution in [2.24, 2.45) is 0 Å². The summed E-state index contributed by atoms with van der Waals surface area (Å²) in [4.78, 5) is 2.72. The minimum absolute atomic E-state index is 0.162. The van der Waals surface area contributed by atoms with Crippen molar-refractivity contribution in [3.63, 3.8) is 0 Å². The van der Waals surface area contributed by atoms with Crippen LogP contribution in [0.1, 0.15) is 0 Å². The SMILES string of the molecule is [N-]=[N+]=C1C=CC(Cl)=CC1S(=O)(=O)O. The van der Waals surface area contributed by atoms with Crippen molar-refractivity contribution in [1.82, 2.24) is 0 Å². The Morgan fingerprint density at radius 2 is 2.15 bits per heavy atom. The van der Waals surface area contributed by atoms with Crippen molar-refractivity contribution >= 4 is 27.4 Å². The highest BCUT2D eigenvalue weighted by atomic mass is 35.5. The topological polar surface area (TPSA) is 90.8 Å². The maximum Gasteiger partial charge on any atom is 0.316 e. The van der Waals surface area contributed by atoms with E-state index < -0.39 is 15.4 Å². The van der Waals surface area contributed by atoms with Gasteiger partial charge in [-0.3, -0.25) is 4.55 Å². The van der Waals surface area contributed by atoms with Crippen LogP contribution in [0.3, 0.4) is 0 Å². The van der Waals surface area contributed by atoms with E-state index in [1.807, 2.05) is 0 Å². The molecule has 1 rings (SSSR count). The smallest absolute Gasteiger partial charge is 0.316 e. The van der Waals surface area contributed by atoms with E-state index in [4.69, 9.17) is 21.7 Å². The molecule has 1 atom stereocenters. The van der Waals surface area contributed by atoms with Crippen molar-refractivity contribution in [2.75, 3.05) is 0 Å². The van der Waals surface area contributed by atoms with Gasteiger partial charge in [-0.2, -0.15) is 13.2 Å². The van der Waals surface area contributed by atoms with Crippen molar-refractivity contribution < 1.29 is 17.8 Å². The highest BCUT2D eigenvalue weighted by Crippen LogP contribution is 2.16. The van der Waals surface area contributed by atoms with Gasteiger partial charge in [0.05, 0.1) is 0 Å². The van der Waals surface area contributed by atoms with Crippen molar-refractivity contribution in [3.05, 3.63) is 28.8 Å². The van der Waals surface area contributed by atoms with E-state index in [9.17, 15) is 8.42 Å². The highest BCUT2D eigenvalue weighted by Gasteiger charge is 2.33. The summed E-state index contributed by atoms with van der Waals surface area (Å²) in [5.74, 6) is 0. The van der Waals surface area contributed by atoms with Crippen LogP contribution in [0.5, 0.6) is 0 Å². The van der Waals surface area contributed by atoms with E-state index in [-0.39, 0.29) is 10.7 Å². The molecule has 0 radical (unpaired) electrons. The molecule has 0 heterocycles. The summed E-state index contributed by atoms with van der Waals surface area (Å²) in [7, 11) is -4.32. The highest BCUT2D eigenvalue weighted by molar-refractivity contribution is 7.87. The molecule has 13 heavy (non-hydrogen) atoms. The Balaban J connectivity index is 3.24. The zero-order valence-electron chi connectivity index (χ0n) is 6.25. The molecule has 0 fully saturated rings. The van der Waals surface area contributed by atoms with Gasteiger partial charge >= 0.3 is 5.71 Å². The van der Waals surface area contributed by atoms with Crippen LogP contribution in [0.25, 0.3) is 5.53 Å². The largest absolute Gasteiger partial charge is 0.361 e. The van der Waals surface area contributed by atoms with Gasteiger partial charge < -0.3 is 5.53 Å². The summed E-state index contributed by atoms with van der Waals surface area (Å²) >= 11 is 5.50. The Bertz CT molecular complexity index is 431. The zero-order chi connectivity index (χ0) is 10.1. The van der Waals surface area contributed by atoms with Crippen LogP contribution in [0.15, 0.2) is 23.3 Å². The number of allylic oxidation sites excluding steroid dienone is 3. The van der Waals surface area contributed by atoms with Crippen LogP contribution in [0.4, 0.5) is 0 Å². The second kappa shape index (κ2) is 3.43. The van der Waals surface area contributed by atoms with Crippen LogP contribution in [0.2, 0.25) is 0 Å². The van der Waals surface area contributed by atoms with E-state index in [0.29, 0.717) is 0 Å². The molecule has 7 heteroatoms. The zero-order valence-corrected chi connectivity index (χ0v) is 7.83. The lowest BCUT2D eigenvalue weighted by Gasteiger charge is -2.06. The Morgan fingerprint density at radius 1 is 1.54 bits per heavy atom. The van der Waals surface area contributed by atoms with Gasteiger partial charge in [-0.25, -0.2) is 0 Å². The number of halogens is 1. The first kappa shape index (κ1) is 10.1. The second-order valence-electron chi connectivity index (χ2n) is 2.35. The van der Waals surface area contributed by atoms with Crippen LogP contribution < -0.4 is 0 Å². The van der Waals surface area contributed by atoms with E-state index in [1.165, 1.54) is 12.2 Å². The number of hydrogen-bond acceptors (Lipinski definition) is 2. The quantitative estimate of drug-likeness (QED) is 0.399. The Kier molecular flexibility index (Phi) is 2.68. The first-order valence-electron chi connectivity index (χ1n) is 3.19. The lowest BCUT2D eigenvalue weighted by Crippen LogP contribution is -2.29. The Hall–Kier alpha value is -0.940.